The molecule has 0 bridgehead atoms. The number of carbonyl (C=O) groups is 2. The molecular formula is C22H25Cl2N3O6. The quantitative estimate of drug-likeness (QED) is 0.324. The van der Waals surface area contributed by atoms with Crippen molar-refractivity contribution in [3.63, 3.8) is 0 Å². The fourth-order valence-electron chi connectivity index (χ4n) is 2.82. The standard InChI is InChI=1S/C22H25Cl2N3O6/c1-6-32-13-10-15(24)20(33-7-2)16(11-13)26-27-18(12(3)28)22(29)25-19-14(23)8-9-17(30-4)21(19)31-5/h8-11,18H,6-7H2,1-5H3,(H,25,29). The number of ether oxygens (including phenoxy) is 4. The average Bonchev–Trinajstić information content (AvgIpc) is 2.77. The van der Waals surface area contributed by atoms with Crippen LogP contribution >= 0.6 is 23.2 Å². The summed E-state index contributed by atoms with van der Waals surface area (Å²) in [5, 5.41) is 11.1. The van der Waals surface area contributed by atoms with Gasteiger partial charge < -0.3 is 24.3 Å². The van der Waals surface area contributed by atoms with Gasteiger partial charge in [-0.25, -0.2) is 0 Å². The minimum atomic E-state index is -1.47. The average molecular weight is 498 g/mol. The van der Waals surface area contributed by atoms with Gasteiger partial charge in [-0.3, -0.25) is 9.59 Å². The van der Waals surface area contributed by atoms with Crippen LogP contribution in [-0.2, 0) is 9.59 Å². The molecule has 0 saturated carbocycles. The number of rotatable bonds is 11. The fraction of sp³-hybridized carbons (Fsp3) is 0.364. The summed E-state index contributed by atoms with van der Waals surface area (Å²) < 4.78 is 21.5. The van der Waals surface area contributed by atoms with Crippen molar-refractivity contribution in [1.82, 2.24) is 0 Å². The van der Waals surface area contributed by atoms with Crippen molar-refractivity contribution in [1.29, 1.82) is 0 Å². The van der Waals surface area contributed by atoms with E-state index in [1.165, 1.54) is 27.2 Å². The van der Waals surface area contributed by atoms with Crippen LogP contribution < -0.4 is 24.3 Å². The maximum Gasteiger partial charge on any atom is 0.258 e. The van der Waals surface area contributed by atoms with Crippen molar-refractivity contribution < 1.29 is 28.5 Å². The molecule has 0 spiro atoms. The van der Waals surface area contributed by atoms with E-state index in [0.717, 1.165) is 0 Å². The molecule has 2 rings (SSSR count). The molecule has 11 heteroatoms. The molecule has 1 atom stereocenters. The summed E-state index contributed by atoms with van der Waals surface area (Å²) in [4.78, 5) is 25.1. The summed E-state index contributed by atoms with van der Waals surface area (Å²) in [6.45, 7) is 5.55. The summed E-state index contributed by atoms with van der Waals surface area (Å²) in [7, 11) is 2.85. The molecule has 33 heavy (non-hydrogen) atoms. The van der Waals surface area contributed by atoms with Gasteiger partial charge in [0.25, 0.3) is 5.91 Å². The summed E-state index contributed by atoms with van der Waals surface area (Å²) in [5.74, 6) is -0.0541. The van der Waals surface area contributed by atoms with Crippen LogP contribution in [-0.4, -0.2) is 45.2 Å². The Balaban J connectivity index is 2.41. The fourth-order valence-corrected chi connectivity index (χ4v) is 3.27. The van der Waals surface area contributed by atoms with Gasteiger partial charge in [0.05, 0.1) is 37.5 Å². The van der Waals surface area contributed by atoms with Crippen LogP contribution in [0.1, 0.15) is 20.8 Å². The van der Waals surface area contributed by atoms with E-state index in [2.05, 4.69) is 15.5 Å². The minimum absolute atomic E-state index is 0.140. The lowest BCUT2D eigenvalue weighted by Crippen LogP contribution is -2.32. The second kappa shape index (κ2) is 12.3. The molecule has 0 aliphatic carbocycles. The Hall–Kier alpha value is -3.04. The maximum atomic E-state index is 12.9. The summed E-state index contributed by atoms with van der Waals surface area (Å²) in [5.41, 5.74) is 0.352. The number of anilines is 1. The van der Waals surface area contributed by atoms with E-state index in [1.54, 1.807) is 25.1 Å². The zero-order chi connectivity index (χ0) is 24.5. The van der Waals surface area contributed by atoms with E-state index in [0.29, 0.717) is 24.7 Å². The third-order valence-electron chi connectivity index (χ3n) is 4.25. The summed E-state index contributed by atoms with van der Waals surface area (Å²) in [6, 6.07) is 4.78. The van der Waals surface area contributed by atoms with Crippen molar-refractivity contribution in [2.75, 3.05) is 32.8 Å². The Morgan fingerprint density at radius 2 is 1.70 bits per heavy atom. The summed E-state index contributed by atoms with van der Waals surface area (Å²) in [6.07, 6.45) is 0. The molecule has 0 radical (unpaired) electrons. The SMILES string of the molecule is CCOc1cc(Cl)c(OCC)c(N=NC(C(C)=O)C(=O)Nc2c(Cl)ccc(OC)c2OC)c1. The number of Topliss-reactive ketones (excluding diaryl/α,β-unsaturated/α-hetero) is 1. The topological polar surface area (TPSA) is 108 Å². The first-order valence-electron chi connectivity index (χ1n) is 9.99. The summed E-state index contributed by atoms with van der Waals surface area (Å²) >= 11 is 12.5. The second-order valence-corrected chi connectivity index (χ2v) is 7.31. The normalized spacial score (nSPS) is 11.7. The molecular weight excluding hydrogens is 473 g/mol. The van der Waals surface area contributed by atoms with Crippen molar-refractivity contribution >= 4 is 46.3 Å². The number of halogens is 2. The van der Waals surface area contributed by atoms with Crippen LogP contribution in [0.25, 0.3) is 0 Å². The highest BCUT2D eigenvalue weighted by molar-refractivity contribution is 6.34. The van der Waals surface area contributed by atoms with Gasteiger partial charge in [-0.15, -0.1) is 0 Å². The van der Waals surface area contributed by atoms with Crippen LogP contribution in [0.15, 0.2) is 34.5 Å². The lowest BCUT2D eigenvalue weighted by molar-refractivity contribution is -0.126. The first-order valence-corrected chi connectivity index (χ1v) is 10.7. The van der Waals surface area contributed by atoms with Crippen molar-refractivity contribution in [3.8, 4) is 23.0 Å². The number of azo groups is 1. The van der Waals surface area contributed by atoms with Gasteiger partial charge in [-0.05, 0) is 32.9 Å². The predicted octanol–water partition coefficient (Wildman–Crippen LogP) is 5.49. The van der Waals surface area contributed by atoms with Gasteiger partial charge in [0.1, 0.15) is 17.1 Å². The number of carbonyl (C=O) groups excluding carboxylic acids is 2. The molecule has 9 nitrogen and oxygen atoms in total. The van der Waals surface area contributed by atoms with Crippen LogP contribution in [0.4, 0.5) is 11.4 Å². The van der Waals surface area contributed by atoms with Crippen molar-refractivity contribution in [2.24, 2.45) is 10.2 Å². The van der Waals surface area contributed by atoms with Gasteiger partial charge in [0.2, 0.25) is 6.04 Å². The van der Waals surface area contributed by atoms with Crippen LogP contribution in [0.2, 0.25) is 10.0 Å². The van der Waals surface area contributed by atoms with Gasteiger partial charge in [0.15, 0.2) is 23.0 Å². The molecule has 2 aromatic rings. The highest BCUT2D eigenvalue weighted by atomic mass is 35.5. The molecule has 0 fully saturated rings. The third-order valence-corrected chi connectivity index (χ3v) is 4.85. The first kappa shape index (κ1) is 26.2. The minimum Gasteiger partial charge on any atom is -0.494 e. The predicted molar refractivity (Wildman–Crippen MR) is 126 cm³/mol. The zero-order valence-corrected chi connectivity index (χ0v) is 20.4. The molecule has 1 unspecified atom stereocenters. The Morgan fingerprint density at radius 3 is 2.27 bits per heavy atom. The Kier molecular flexibility index (Phi) is 9.74. The molecule has 0 saturated heterocycles. The molecule has 0 heterocycles. The molecule has 2 aromatic carbocycles. The van der Waals surface area contributed by atoms with E-state index in [1.807, 2.05) is 6.92 Å². The number of nitrogens with zero attached hydrogens (tertiary/aromatic N) is 2. The van der Waals surface area contributed by atoms with E-state index in [-0.39, 0.29) is 32.9 Å². The largest absolute Gasteiger partial charge is 0.494 e. The van der Waals surface area contributed by atoms with Crippen molar-refractivity contribution in [2.45, 2.75) is 26.8 Å². The molecule has 0 aliphatic rings. The number of benzene rings is 2. The number of hydrogen-bond acceptors (Lipinski definition) is 8. The van der Waals surface area contributed by atoms with E-state index >= 15 is 0 Å². The van der Waals surface area contributed by atoms with Gasteiger partial charge in [-0.2, -0.15) is 10.2 Å². The first-order chi connectivity index (χ1) is 15.8. The number of methoxy groups -OCH3 is 2. The molecule has 178 valence electrons. The third kappa shape index (κ3) is 6.49. The zero-order valence-electron chi connectivity index (χ0n) is 18.9. The molecule has 0 aliphatic heterocycles. The maximum absolute atomic E-state index is 12.9. The Bertz CT molecular complexity index is 1050. The number of nitrogens with one attached hydrogen (secondary N) is 1. The number of hydrogen-bond donors (Lipinski definition) is 1. The highest BCUT2D eigenvalue weighted by Gasteiger charge is 2.26. The number of amides is 1. The lowest BCUT2D eigenvalue weighted by atomic mass is 10.2. The van der Waals surface area contributed by atoms with Gasteiger partial charge in [-0.1, -0.05) is 23.2 Å². The van der Waals surface area contributed by atoms with E-state index in [4.69, 9.17) is 42.1 Å². The van der Waals surface area contributed by atoms with Crippen LogP contribution in [0, 0.1) is 0 Å². The van der Waals surface area contributed by atoms with Crippen LogP contribution in [0.3, 0.4) is 0 Å². The van der Waals surface area contributed by atoms with Crippen LogP contribution in [0.5, 0.6) is 23.0 Å². The number of ketones is 1. The van der Waals surface area contributed by atoms with E-state index in [9.17, 15) is 9.59 Å². The van der Waals surface area contributed by atoms with Gasteiger partial charge in [0, 0.05) is 12.1 Å². The lowest BCUT2D eigenvalue weighted by Gasteiger charge is -2.16. The van der Waals surface area contributed by atoms with Crippen molar-refractivity contribution in [3.05, 3.63) is 34.3 Å². The second-order valence-electron chi connectivity index (χ2n) is 6.50. The highest BCUT2D eigenvalue weighted by Crippen LogP contribution is 2.41. The van der Waals surface area contributed by atoms with Gasteiger partial charge >= 0.3 is 0 Å². The van der Waals surface area contributed by atoms with E-state index < -0.39 is 17.7 Å². The Morgan fingerprint density at radius 1 is 1.00 bits per heavy atom. The molecule has 0 aromatic heterocycles. The molecule has 1 N–H and O–H groups in total. The smallest absolute Gasteiger partial charge is 0.258 e. The monoisotopic (exact) mass is 497 g/mol. The Labute approximate surface area is 202 Å². The molecule has 1 amide bonds.